The van der Waals surface area contributed by atoms with Crippen LogP contribution in [-0.2, 0) is 9.84 Å². The molecule has 2 rings (SSSR count). The fourth-order valence-corrected chi connectivity index (χ4v) is 3.13. The molecule has 5 heteroatoms. The molecule has 2 aromatic rings. The smallest absolute Gasteiger partial charge is 0.218 e. The number of aryl methyl sites for hydroxylation is 3. The molecule has 0 aliphatic heterocycles. The number of hydrogen-bond donors (Lipinski definition) is 1. The summed E-state index contributed by atoms with van der Waals surface area (Å²) >= 11 is 0. The van der Waals surface area contributed by atoms with E-state index in [0.717, 1.165) is 22.4 Å². The maximum Gasteiger partial charge on any atom is 0.218 e. The third-order valence-electron chi connectivity index (χ3n) is 3.48. The maximum atomic E-state index is 12.5. The first-order chi connectivity index (χ1) is 10.8. The molecule has 4 nitrogen and oxygen atoms in total. The average Bonchev–Trinajstić information content (AvgIpc) is 2.51. The fourth-order valence-electron chi connectivity index (χ4n) is 2.05. The summed E-state index contributed by atoms with van der Waals surface area (Å²) in [6.07, 6.45) is 1.25. The minimum absolute atomic E-state index is 0.110. The van der Waals surface area contributed by atoms with Gasteiger partial charge in [0.2, 0.25) is 9.84 Å². The van der Waals surface area contributed by atoms with Gasteiger partial charge >= 0.3 is 0 Å². The molecule has 118 valence electrons. The van der Waals surface area contributed by atoms with Crippen molar-refractivity contribution in [3.63, 3.8) is 0 Å². The lowest BCUT2D eigenvalue weighted by Crippen LogP contribution is -2.06. The molecule has 0 unspecified atom stereocenters. The largest absolute Gasteiger partial charge is 0.360 e. The first-order valence-corrected chi connectivity index (χ1v) is 8.59. The van der Waals surface area contributed by atoms with Gasteiger partial charge in [0.1, 0.15) is 6.07 Å². The molecule has 0 amide bonds. The third kappa shape index (κ3) is 3.79. The summed E-state index contributed by atoms with van der Waals surface area (Å²) in [4.78, 5) is -0.207. The van der Waals surface area contributed by atoms with Crippen LogP contribution in [0.25, 0.3) is 0 Å². The second-order valence-electron chi connectivity index (χ2n) is 5.40. The Kier molecular flexibility index (Phi) is 4.87. The number of nitriles is 1. The second-order valence-corrected chi connectivity index (χ2v) is 7.32. The fraction of sp³-hybridized carbons (Fsp3) is 0.167. The zero-order valence-corrected chi connectivity index (χ0v) is 14.1. The van der Waals surface area contributed by atoms with Crippen molar-refractivity contribution in [2.45, 2.75) is 25.7 Å². The van der Waals surface area contributed by atoms with Crippen LogP contribution >= 0.6 is 0 Å². The lowest BCUT2D eigenvalue weighted by atomic mass is 10.1. The monoisotopic (exact) mass is 326 g/mol. The Balaban J connectivity index is 2.37. The van der Waals surface area contributed by atoms with Crippen LogP contribution in [0.15, 0.2) is 58.5 Å². The lowest BCUT2D eigenvalue weighted by Gasteiger charge is -2.08. The highest BCUT2D eigenvalue weighted by Gasteiger charge is 2.20. The summed E-state index contributed by atoms with van der Waals surface area (Å²) in [6, 6.07) is 14.0. The highest BCUT2D eigenvalue weighted by molar-refractivity contribution is 7.95. The van der Waals surface area contributed by atoms with Gasteiger partial charge in [-0.1, -0.05) is 29.8 Å². The van der Waals surface area contributed by atoms with E-state index in [0.29, 0.717) is 0 Å². The minimum atomic E-state index is -3.82. The Morgan fingerprint density at radius 3 is 2.26 bits per heavy atom. The average molecular weight is 326 g/mol. The van der Waals surface area contributed by atoms with Crippen LogP contribution in [0.1, 0.15) is 16.7 Å². The molecular weight excluding hydrogens is 308 g/mol. The first kappa shape index (κ1) is 16.8. The Bertz CT molecular complexity index is 890. The summed E-state index contributed by atoms with van der Waals surface area (Å²) in [6.45, 7) is 5.73. The topological polar surface area (TPSA) is 70.0 Å². The predicted octanol–water partition coefficient (Wildman–Crippen LogP) is 3.86. The molecule has 0 aliphatic rings. The van der Waals surface area contributed by atoms with E-state index < -0.39 is 9.84 Å². The first-order valence-electron chi connectivity index (χ1n) is 7.10. The summed E-state index contributed by atoms with van der Waals surface area (Å²) in [5.74, 6) is 0. The molecule has 0 heterocycles. The van der Waals surface area contributed by atoms with E-state index in [1.807, 2.05) is 39.0 Å². The van der Waals surface area contributed by atoms with E-state index in [1.54, 1.807) is 18.2 Å². The third-order valence-corrected chi connectivity index (χ3v) is 5.16. The van der Waals surface area contributed by atoms with Crippen LogP contribution in [0, 0.1) is 32.1 Å². The van der Waals surface area contributed by atoms with E-state index >= 15 is 0 Å². The summed E-state index contributed by atoms with van der Waals surface area (Å²) in [7, 11) is -3.82. The zero-order valence-electron chi connectivity index (χ0n) is 13.3. The Hall–Kier alpha value is -2.58. The quantitative estimate of drug-likeness (QED) is 0.866. The molecule has 0 saturated heterocycles. The van der Waals surface area contributed by atoms with Crippen LogP contribution < -0.4 is 5.32 Å². The van der Waals surface area contributed by atoms with Crippen molar-refractivity contribution in [1.82, 2.24) is 0 Å². The normalized spacial score (nSPS) is 11.8. The Labute approximate surface area is 137 Å². The number of benzene rings is 2. The standard InChI is InChI=1S/C18H18N2O2S/c1-13-5-8-16(9-6-13)23(21,22)17(11-19)12-20-18-10-14(2)4-7-15(18)3/h4-10,12,20H,1-3H3. The number of sulfone groups is 1. The number of nitrogens with one attached hydrogen (secondary N) is 1. The molecule has 0 fully saturated rings. The van der Waals surface area contributed by atoms with Crippen molar-refractivity contribution in [2.24, 2.45) is 0 Å². The van der Waals surface area contributed by atoms with Crippen molar-refractivity contribution in [1.29, 1.82) is 5.26 Å². The van der Waals surface area contributed by atoms with Crippen molar-refractivity contribution < 1.29 is 8.42 Å². The number of hydrogen-bond acceptors (Lipinski definition) is 4. The number of rotatable bonds is 4. The number of nitrogens with zero attached hydrogens (tertiary/aromatic N) is 1. The Morgan fingerprint density at radius 1 is 1.04 bits per heavy atom. The van der Waals surface area contributed by atoms with Crippen LogP contribution in [-0.4, -0.2) is 8.42 Å². The van der Waals surface area contributed by atoms with Gasteiger partial charge < -0.3 is 5.32 Å². The molecule has 0 saturated carbocycles. The maximum absolute atomic E-state index is 12.5. The number of anilines is 1. The molecule has 0 aliphatic carbocycles. The van der Waals surface area contributed by atoms with Crippen LogP contribution in [0.5, 0.6) is 0 Å². The second kappa shape index (κ2) is 6.67. The van der Waals surface area contributed by atoms with Crippen molar-refractivity contribution in [2.75, 3.05) is 5.32 Å². The molecule has 1 N–H and O–H groups in total. The molecular formula is C18H18N2O2S. The highest BCUT2D eigenvalue weighted by atomic mass is 32.2. The predicted molar refractivity (Wildman–Crippen MR) is 91.6 cm³/mol. The molecule has 0 aromatic heterocycles. The van der Waals surface area contributed by atoms with E-state index in [9.17, 15) is 13.7 Å². The number of allylic oxidation sites excluding steroid dienone is 1. The molecule has 0 bridgehead atoms. The van der Waals surface area contributed by atoms with Crippen LogP contribution in [0.2, 0.25) is 0 Å². The summed E-state index contributed by atoms with van der Waals surface area (Å²) in [5, 5.41) is 12.2. The van der Waals surface area contributed by atoms with E-state index in [2.05, 4.69) is 5.32 Å². The SMILES string of the molecule is Cc1ccc(S(=O)(=O)C(C#N)=CNc2cc(C)ccc2C)cc1. The van der Waals surface area contributed by atoms with E-state index in [4.69, 9.17) is 0 Å². The highest BCUT2D eigenvalue weighted by Crippen LogP contribution is 2.21. The van der Waals surface area contributed by atoms with Crippen molar-refractivity contribution >= 4 is 15.5 Å². The molecule has 0 atom stereocenters. The van der Waals surface area contributed by atoms with Crippen LogP contribution in [0.4, 0.5) is 5.69 Å². The van der Waals surface area contributed by atoms with Crippen molar-refractivity contribution in [3.8, 4) is 6.07 Å². The van der Waals surface area contributed by atoms with E-state index in [1.165, 1.54) is 18.3 Å². The summed E-state index contributed by atoms with van der Waals surface area (Å²) in [5.41, 5.74) is 3.75. The summed E-state index contributed by atoms with van der Waals surface area (Å²) < 4.78 is 25.0. The van der Waals surface area contributed by atoms with Gasteiger partial charge in [-0.25, -0.2) is 8.42 Å². The minimum Gasteiger partial charge on any atom is -0.360 e. The van der Waals surface area contributed by atoms with Gasteiger partial charge in [-0.2, -0.15) is 5.26 Å². The molecule has 0 spiro atoms. The molecule has 23 heavy (non-hydrogen) atoms. The van der Waals surface area contributed by atoms with Gasteiger partial charge in [0.25, 0.3) is 0 Å². The lowest BCUT2D eigenvalue weighted by molar-refractivity contribution is 0.603. The van der Waals surface area contributed by atoms with Gasteiger partial charge in [-0.15, -0.1) is 0 Å². The van der Waals surface area contributed by atoms with Gasteiger partial charge in [0.15, 0.2) is 4.91 Å². The van der Waals surface area contributed by atoms with Gasteiger partial charge in [-0.3, -0.25) is 0 Å². The van der Waals surface area contributed by atoms with Crippen molar-refractivity contribution in [3.05, 3.63) is 70.3 Å². The van der Waals surface area contributed by atoms with E-state index in [-0.39, 0.29) is 9.80 Å². The molecule has 0 radical (unpaired) electrons. The Morgan fingerprint density at radius 2 is 1.65 bits per heavy atom. The zero-order chi connectivity index (χ0) is 17.0. The van der Waals surface area contributed by atoms with Gasteiger partial charge in [-0.05, 0) is 50.1 Å². The van der Waals surface area contributed by atoms with Crippen LogP contribution in [0.3, 0.4) is 0 Å². The molecule has 2 aromatic carbocycles. The van der Waals surface area contributed by atoms with Gasteiger partial charge in [0, 0.05) is 11.9 Å². The van der Waals surface area contributed by atoms with Gasteiger partial charge in [0.05, 0.1) is 4.90 Å².